The van der Waals surface area contributed by atoms with Crippen LogP contribution in [0.1, 0.15) is 16.1 Å². The van der Waals surface area contributed by atoms with Gasteiger partial charge >= 0.3 is 5.97 Å². The first kappa shape index (κ1) is 14.3. The summed E-state index contributed by atoms with van der Waals surface area (Å²) in [4.78, 5) is 23.2. The van der Waals surface area contributed by atoms with Crippen molar-refractivity contribution < 1.29 is 14.3 Å². The van der Waals surface area contributed by atoms with Gasteiger partial charge in [-0.05, 0) is 18.2 Å². The number of rotatable bonds is 3. The number of hydrogen-bond donors (Lipinski definition) is 1. The van der Waals surface area contributed by atoms with E-state index in [1.54, 1.807) is 24.3 Å². The minimum absolute atomic E-state index is 0.212. The van der Waals surface area contributed by atoms with Gasteiger partial charge < -0.3 is 10.1 Å². The van der Waals surface area contributed by atoms with Gasteiger partial charge in [0.15, 0.2) is 0 Å². The van der Waals surface area contributed by atoms with E-state index in [1.165, 1.54) is 18.4 Å². The van der Waals surface area contributed by atoms with Gasteiger partial charge in [-0.3, -0.25) is 4.79 Å². The molecule has 0 radical (unpaired) electrons. The number of methoxy groups -OCH3 is 1. The summed E-state index contributed by atoms with van der Waals surface area (Å²) in [6, 6.07) is 6.85. The third-order valence-electron chi connectivity index (χ3n) is 2.52. The first-order valence-electron chi connectivity index (χ1n) is 5.54. The Balaban J connectivity index is 2.38. The zero-order valence-electron chi connectivity index (χ0n) is 10.4. The second-order valence-corrected chi connectivity index (χ2v) is 5.26. The lowest BCUT2D eigenvalue weighted by atomic mass is 10.2. The molecule has 2 rings (SSSR count). The lowest BCUT2D eigenvalue weighted by Crippen LogP contribution is -2.09. The van der Waals surface area contributed by atoms with Crippen LogP contribution in [0.4, 0.5) is 5.69 Å². The molecule has 0 atom stereocenters. The molecule has 2 aromatic rings. The van der Waals surface area contributed by atoms with Crippen LogP contribution < -0.4 is 5.32 Å². The third kappa shape index (κ3) is 2.74. The van der Waals surface area contributed by atoms with E-state index < -0.39 is 5.97 Å². The van der Waals surface area contributed by atoms with Gasteiger partial charge in [0.2, 0.25) is 5.91 Å². The van der Waals surface area contributed by atoms with Crippen LogP contribution in [-0.2, 0) is 9.53 Å². The summed E-state index contributed by atoms with van der Waals surface area (Å²) in [5, 5.41) is 12.1. The third-order valence-corrected chi connectivity index (χ3v) is 4.16. The van der Waals surface area contributed by atoms with Crippen LogP contribution in [0.3, 0.4) is 0 Å². The van der Waals surface area contributed by atoms with Gasteiger partial charge in [0, 0.05) is 15.8 Å². The number of hydrogen-bond acceptors (Lipinski definition) is 5. The van der Waals surface area contributed by atoms with E-state index in [1.807, 2.05) is 0 Å². The molecule has 0 aliphatic rings. The van der Waals surface area contributed by atoms with Gasteiger partial charge in [-0.15, -0.1) is 11.3 Å². The van der Waals surface area contributed by atoms with Crippen molar-refractivity contribution in [1.82, 2.24) is 0 Å². The first-order valence-corrected chi connectivity index (χ1v) is 6.73. The normalized spacial score (nSPS) is 10.1. The molecule has 0 bridgehead atoms. The highest BCUT2D eigenvalue weighted by atomic mass is 35.5. The van der Waals surface area contributed by atoms with Crippen LogP contribution in [0.2, 0.25) is 5.02 Å². The van der Waals surface area contributed by atoms with E-state index in [4.69, 9.17) is 16.9 Å². The van der Waals surface area contributed by atoms with E-state index in [0.29, 0.717) is 15.6 Å². The number of nitrogens with zero attached hydrogens (tertiary/aromatic N) is 1. The minimum Gasteiger partial charge on any atom is -0.465 e. The predicted octanol–water partition coefficient (Wildman–Crippen LogP) is 3.19. The molecule has 5 nitrogen and oxygen atoms in total. The second kappa shape index (κ2) is 5.90. The number of thiophene rings is 1. The maximum Gasteiger partial charge on any atom is 0.349 e. The average Bonchev–Trinajstić information content (AvgIpc) is 2.75. The number of ether oxygens (including phenoxy) is 1. The summed E-state index contributed by atoms with van der Waals surface area (Å²) in [5.74, 6) is -0.881. The molecule has 1 aromatic heterocycles. The Morgan fingerprint density at radius 2 is 2.25 bits per heavy atom. The van der Waals surface area contributed by atoms with Gasteiger partial charge in [0.05, 0.1) is 18.2 Å². The largest absolute Gasteiger partial charge is 0.465 e. The van der Waals surface area contributed by atoms with Gasteiger partial charge in [-0.1, -0.05) is 11.6 Å². The monoisotopic (exact) mass is 308 g/mol. The Morgan fingerprint density at radius 3 is 2.90 bits per heavy atom. The number of esters is 1. The number of anilines is 1. The van der Waals surface area contributed by atoms with E-state index in [-0.39, 0.29) is 12.3 Å². The lowest BCUT2D eigenvalue weighted by Gasteiger charge is -2.02. The minimum atomic E-state index is -0.494. The van der Waals surface area contributed by atoms with E-state index in [9.17, 15) is 9.59 Å². The van der Waals surface area contributed by atoms with Gasteiger partial charge in [-0.2, -0.15) is 5.26 Å². The summed E-state index contributed by atoms with van der Waals surface area (Å²) in [5.41, 5.74) is 0.548. The van der Waals surface area contributed by atoms with Gasteiger partial charge in [-0.25, -0.2) is 4.79 Å². The van der Waals surface area contributed by atoms with Crippen molar-refractivity contribution in [3.8, 4) is 6.07 Å². The molecule has 0 unspecified atom stereocenters. The molecule has 1 heterocycles. The molecular formula is C13H9ClN2O3S. The molecule has 0 aliphatic carbocycles. The standard InChI is InChI=1S/C13H9ClN2O3S/c1-19-13(18)12-11(14)8-3-2-7(6-9(8)20-12)16-10(17)4-5-15/h2-3,6H,4H2,1H3,(H,16,17). The molecule has 0 saturated heterocycles. The lowest BCUT2D eigenvalue weighted by molar-refractivity contribution is -0.115. The number of nitrogens with one attached hydrogen (secondary N) is 1. The summed E-state index contributed by atoms with van der Waals surface area (Å²) < 4.78 is 5.41. The number of halogens is 1. The van der Waals surface area contributed by atoms with E-state index in [0.717, 1.165) is 10.1 Å². The highest BCUT2D eigenvalue weighted by molar-refractivity contribution is 7.21. The molecule has 102 valence electrons. The van der Waals surface area contributed by atoms with Crippen molar-refractivity contribution >= 4 is 50.6 Å². The van der Waals surface area contributed by atoms with Crippen LogP contribution in [0, 0.1) is 11.3 Å². The molecule has 7 heteroatoms. The van der Waals surface area contributed by atoms with Crippen LogP contribution >= 0.6 is 22.9 Å². The Labute approximate surface area is 123 Å². The average molecular weight is 309 g/mol. The number of fused-ring (bicyclic) bond motifs is 1. The predicted molar refractivity (Wildman–Crippen MR) is 77.0 cm³/mol. The first-order chi connectivity index (χ1) is 9.56. The Kier molecular flexibility index (Phi) is 4.23. The van der Waals surface area contributed by atoms with Crippen LogP contribution in [-0.4, -0.2) is 19.0 Å². The van der Waals surface area contributed by atoms with Crippen molar-refractivity contribution in [3.63, 3.8) is 0 Å². The van der Waals surface area contributed by atoms with Crippen molar-refractivity contribution in [1.29, 1.82) is 5.26 Å². The molecule has 1 aromatic carbocycles. The highest BCUT2D eigenvalue weighted by Gasteiger charge is 2.17. The van der Waals surface area contributed by atoms with Crippen LogP contribution in [0.15, 0.2) is 18.2 Å². The SMILES string of the molecule is COC(=O)c1sc2cc(NC(=O)CC#N)ccc2c1Cl. The summed E-state index contributed by atoms with van der Waals surface area (Å²) in [6.07, 6.45) is -0.212. The summed E-state index contributed by atoms with van der Waals surface area (Å²) >= 11 is 7.31. The highest BCUT2D eigenvalue weighted by Crippen LogP contribution is 2.37. The Morgan fingerprint density at radius 1 is 1.50 bits per heavy atom. The number of nitriles is 1. The quantitative estimate of drug-likeness (QED) is 0.883. The molecule has 20 heavy (non-hydrogen) atoms. The number of carbonyl (C=O) groups is 2. The number of amides is 1. The van der Waals surface area contributed by atoms with Crippen molar-refractivity contribution in [3.05, 3.63) is 28.1 Å². The second-order valence-electron chi connectivity index (χ2n) is 3.83. The molecule has 0 saturated carbocycles. The van der Waals surface area contributed by atoms with Crippen LogP contribution in [0.5, 0.6) is 0 Å². The van der Waals surface area contributed by atoms with E-state index >= 15 is 0 Å². The number of benzene rings is 1. The molecule has 1 amide bonds. The fraction of sp³-hybridized carbons (Fsp3) is 0.154. The maximum absolute atomic E-state index is 11.5. The Bertz CT molecular complexity index is 733. The zero-order valence-corrected chi connectivity index (χ0v) is 12.0. The van der Waals surface area contributed by atoms with Crippen LogP contribution in [0.25, 0.3) is 10.1 Å². The maximum atomic E-state index is 11.5. The number of carbonyl (C=O) groups excluding carboxylic acids is 2. The van der Waals surface area contributed by atoms with Crippen molar-refractivity contribution in [2.24, 2.45) is 0 Å². The van der Waals surface area contributed by atoms with Gasteiger partial charge in [0.1, 0.15) is 11.3 Å². The zero-order chi connectivity index (χ0) is 14.7. The van der Waals surface area contributed by atoms with Crippen molar-refractivity contribution in [2.45, 2.75) is 6.42 Å². The molecule has 1 N–H and O–H groups in total. The topological polar surface area (TPSA) is 79.2 Å². The summed E-state index contributed by atoms with van der Waals surface area (Å²) in [7, 11) is 1.29. The van der Waals surface area contributed by atoms with Gasteiger partial charge in [0.25, 0.3) is 0 Å². The molecular weight excluding hydrogens is 300 g/mol. The fourth-order valence-electron chi connectivity index (χ4n) is 1.64. The van der Waals surface area contributed by atoms with E-state index in [2.05, 4.69) is 10.1 Å². The van der Waals surface area contributed by atoms with Crippen molar-refractivity contribution in [2.75, 3.05) is 12.4 Å². The molecule has 0 aliphatic heterocycles. The Hall–Kier alpha value is -2.10. The molecule has 0 spiro atoms. The fourth-order valence-corrected chi connectivity index (χ4v) is 3.11. The molecule has 0 fully saturated rings. The smallest absolute Gasteiger partial charge is 0.349 e. The summed E-state index contributed by atoms with van der Waals surface area (Å²) in [6.45, 7) is 0.